The van der Waals surface area contributed by atoms with Crippen LogP contribution in [0.1, 0.15) is 24.9 Å². The summed E-state index contributed by atoms with van der Waals surface area (Å²) in [6.45, 7) is 2.03. The van der Waals surface area contributed by atoms with Crippen LogP contribution in [0.3, 0.4) is 0 Å². The van der Waals surface area contributed by atoms with Gasteiger partial charge in [-0.15, -0.1) is 0 Å². The fourth-order valence-electron chi connectivity index (χ4n) is 2.61. The van der Waals surface area contributed by atoms with Crippen molar-refractivity contribution in [2.75, 3.05) is 25.8 Å². The summed E-state index contributed by atoms with van der Waals surface area (Å²) in [7, 11) is -0.0525. The number of thiocarbonyl (C=S) groups is 1. The first-order valence-electron chi connectivity index (χ1n) is 8.38. The van der Waals surface area contributed by atoms with Crippen LogP contribution in [-0.2, 0) is 9.84 Å². The molecule has 0 aromatic heterocycles. The third kappa shape index (κ3) is 5.58. The summed E-state index contributed by atoms with van der Waals surface area (Å²) in [4.78, 5) is 0.298. The van der Waals surface area contributed by atoms with Crippen LogP contribution in [-0.4, -0.2) is 34.0 Å². The largest absolute Gasteiger partial charge is 0.493 e. The third-order valence-electron chi connectivity index (χ3n) is 4.07. The van der Waals surface area contributed by atoms with Crippen molar-refractivity contribution in [2.24, 2.45) is 0 Å². The Kier molecular flexibility index (Phi) is 7.04. The van der Waals surface area contributed by atoms with Crippen LogP contribution in [0.2, 0.25) is 0 Å². The van der Waals surface area contributed by atoms with Gasteiger partial charge >= 0.3 is 0 Å². The Morgan fingerprint density at radius 1 is 1.07 bits per heavy atom. The molecule has 2 N–H and O–H groups in total. The van der Waals surface area contributed by atoms with Crippen LogP contribution in [0.5, 0.6) is 11.5 Å². The highest BCUT2D eigenvalue weighted by Crippen LogP contribution is 2.29. The molecule has 0 fully saturated rings. The standard InChI is InChI=1S/C19H24N2O4S2/c1-5-16(13-6-9-15(10-7-13)27(4,22)23)21-19(26)20-14-8-11-17(24-2)18(12-14)25-3/h6-12,16H,5H2,1-4H3,(H2,20,21,26)/t16-/m1/s1. The third-order valence-corrected chi connectivity index (χ3v) is 5.41. The Labute approximate surface area is 165 Å². The van der Waals surface area contributed by atoms with E-state index in [0.717, 1.165) is 17.7 Å². The van der Waals surface area contributed by atoms with Crippen LogP contribution in [0.25, 0.3) is 0 Å². The number of hydrogen-bond donors (Lipinski definition) is 2. The topological polar surface area (TPSA) is 76.7 Å². The summed E-state index contributed by atoms with van der Waals surface area (Å²) in [5.74, 6) is 1.24. The van der Waals surface area contributed by atoms with Crippen LogP contribution < -0.4 is 20.1 Å². The van der Waals surface area contributed by atoms with Crippen molar-refractivity contribution in [1.29, 1.82) is 0 Å². The van der Waals surface area contributed by atoms with E-state index >= 15 is 0 Å². The minimum atomic E-state index is -3.21. The van der Waals surface area contributed by atoms with Crippen molar-refractivity contribution in [3.05, 3.63) is 48.0 Å². The van der Waals surface area contributed by atoms with E-state index in [0.29, 0.717) is 21.5 Å². The van der Waals surface area contributed by atoms with Gasteiger partial charge in [0.2, 0.25) is 0 Å². The van der Waals surface area contributed by atoms with Gasteiger partial charge in [-0.2, -0.15) is 0 Å². The lowest BCUT2D eigenvalue weighted by Crippen LogP contribution is -2.32. The number of hydrogen-bond acceptors (Lipinski definition) is 5. The van der Waals surface area contributed by atoms with Crippen LogP contribution in [0.4, 0.5) is 5.69 Å². The molecule has 146 valence electrons. The van der Waals surface area contributed by atoms with Gasteiger partial charge in [0.1, 0.15) is 0 Å². The number of nitrogens with one attached hydrogen (secondary N) is 2. The summed E-state index contributed by atoms with van der Waals surface area (Å²) in [5, 5.41) is 6.84. The van der Waals surface area contributed by atoms with Crippen molar-refractivity contribution in [1.82, 2.24) is 5.32 Å². The van der Waals surface area contributed by atoms with Gasteiger partial charge in [-0.25, -0.2) is 8.42 Å². The SMILES string of the molecule is CC[C@@H](NC(=S)Nc1ccc(OC)c(OC)c1)c1ccc(S(C)(=O)=O)cc1. The average molecular weight is 409 g/mol. The maximum atomic E-state index is 11.6. The highest BCUT2D eigenvalue weighted by atomic mass is 32.2. The molecule has 0 bridgehead atoms. The van der Waals surface area contributed by atoms with E-state index in [1.165, 1.54) is 6.26 Å². The van der Waals surface area contributed by atoms with Crippen molar-refractivity contribution in [3.8, 4) is 11.5 Å². The molecule has 2 rings (SSSR count). The zero-order valence-corrected chi connectivity index (χ0v) is 17.4. The average Bonchev–Trinajstić information content (AvgIpc) is 2.65. The maximum absolute atomic E-state index is 11.6. The van der Waals surface area contributed by atoms with E-state index in [-0.39, 0.29) is 6.04 Å². The zero-order chi connectivity index (χ0) is 20.0. The highest BCUT2D eigenvalue weighted by molar-refractivity contribution is 7.90. The molecule has 2 aromatic rings. The number of ether oxygens (including phenoxy) is 2. The first kappa shape index (κ1) is 21.0. The number of rotatable bonds is 7. The highest BCUT2D eigenvalue weighted by Gasteiger charge is 2.13. The van der Waals surface area contributed by atoms with E-state index < -0.39 is 9.84 Å². The van der Waals surface area contributed by atoms with E-state index in [1.807, 2.05) is 13.0 Å². The molecular weight excluding hydrogens is 384 g/mol. The summed E-state index contributed by atoms with van der Waals surface area (Å²) in [6.07, 6.45) is 1.98. The molecule has 0 heterocycles. The minimum absolute atomic E-state index is 0.0428. The molecule has 0 radical (unpaired) electrons. The number of methoxy groups -OCH3 is 2. The summed E-state index contributed by atoms with van der Waals surface area (Å²) >= 11 is 5.41. The van der Waals surface area contributed by atoms with E-state index in [2.05, 4.69) is 10.6 Å². The monoisotopic (exact) mass is 408 g/mol. The summed E-state index contributed by atoms with van der Waals surface area (Å²) in [5.41, 5.74) is 1.73. The second-order valence-corrected chi connectivity index (χ2v) is 8.39. The summed E-state index contributed by atoms with van der Waals surface area (Å²) in [6, 6.07) is 12.2. The van der Waals surface area contributed by atoms with Crippen LogP contribution in [0, 0.1) is 0 Å². The molecule has 6 nitrogen and oxygen atoms in total. The molecule has 0 amide bonds. The molecule has 0 aliphatic rings. The molecule has 2 aromatic carbocycles. The lowest BCUT2D eigenvalue weighted by molar-refractivity contribution is 0.355. The first-order valence-corrected chi connectivity index (χ1v) is 10.7. The van der Waals surface area contributed by atoms with Crippen molar-refractivity contribution in [2.45, 2.75) is 24.3 Å². The summed E-state index contributed by atoms with van der Waals surface area (Å²) < 4.78 is 33.7. The zero-order valence-electron chi connectivity index (χ0n) is 15.8. The molecule has 0 aliphatic heterocycles. The Bertz CT molecular complexity index is 896. The predicted molar refractivity (Wildman–Crippen MR) is 111 cm³/mol. The van der Waals surface area contributed by atoms with Gasteiger partial charge in [0.25, 0.3) is 0 Å². The lowest BCUT2D eigenvalue weighted by atomic mass is 10.1. The Morgan fingerprint density at radius 2 is 1.70 bits per heavy atom. The number of benzene rings is 2. The van der Waals surface area contributed by atoms with Crippen LogP contribution >= 0.6 is 12.2 Å². The second kappa shape index (κ2) is 9.05. The van der Waals surface area contributed by atoms with Gasteiger partial charge in [0.05, 0.1) is 25.2 Å². The van der Waals surface area contributed by atoms with Crippen molar-refractivity contribution < 1.29 is 17.9 Å². The van der Waals surface area contributed by atoms with E-state index in [4.69, 9.17) is 21.7 Å². The van der Waals surface area contributed by atoms with E-state index in [1.54, 1.807) is 50.6 Å². The molecule has 8 heteroatoms. The predicted octanol–water partition coefficient (Wildman–Crippen LogP) is 3.55. The quantitative estimate of drug-likeness (QED) is 0.679. The minimum Gasteiger partial charge on any atom is -0.493 e. The fourth-order valence-corrected chi connectivity index (χ4v) is 3.50. The number of anilines is 1. The molecule has 0 saturated carbocycles. The van der Waals surface area contributed by atoms with E-state index in [9.17, 15) is 8.42 Å². The molecule has 1 atom stereocenters. The molecule has 0 unspecified atom stereocenters. The second-order valence-electron chi connectivity index (χ2n) is 5.97. The smallest absolute Gasteiger partial charge is 0.175 e. The Hall–Kier alpha value is -2.32. The molecule has 0 spiro atoms. The van der Waals surface area contributed by atoms with Crippen LogP contribution in [0.15, 0.2) is 47.4 Å². The number of sulfone groups is 1. The molecule has 27 heavy (non-hydrogen) atoms. The molecule has 0 saturated heterocycles. The van der Waals surface area contributed by atoms with Gasteiger partial charge in [-0.3, -0.25) is 0 Å². The van der Waals surface area contributed by atoms with Crippen molar-refractivity contribution >= 4 is 32.9 Å². The van der Waals surface area contributed by atoms with Crippen molar-refractivity contribution in [3.63, 3.8) is 0 Å². The lowest BCUT2D eigenvalue weighted by Gasteiger charge is -2.20. The molecule has 0 aliphatic carbocycles. The van der Waals surface area contributed by atoms with Gasteiger partial charge in [-0.1, -0.05) is 19.1 Å². The van der Waals surface area contributed by atoms with Gasteiger partial charge in [0.15, 0.2) is 26.4 Å². The van der Waals surface area contributed by atoms with Gasteiger partial charge in [0, 0.05) is 18.0 Å². The first-order chi connectivity index (χ1) is 12.8. The Balaban J connectivity index is 2.09. The fraction of sp³-hybridized carbons (Fsp3) is 0.316. The van der Waals surface area contributed by atoms with Gasteiger partial charge in [-0.05, 0) is 48.5 Å². The normalized spacial score (nSPS) is 12.1. The molecular formula is C19H24N2O4S2. The Morgan fingerprint density at radius 3 is 2.22 bits per heavy atom. The maximum Gasteiger partial charge on any atom is 0.175 e. The van der Waals surface area contributed by atoms with Gasteiger partial charge < -0.3 is 20.1 Å².